The highest BCUT2D eigenvalue weighted by molar-refractivity contribution is 5.83. The summed E-state index contributed by atoms with van der Waals surface area (Å²) < 4.78 is 77.7. The predicted molar refractivity (Wildman–Crippen MR) is 145 cm³/mol. The van der Waals surface area contributed by atoms with Crippen molar-refractivity contribution in [2.75, 3.05) is 56.2 Å². The molecule has 4 rings (SSSR count). The first-order valence-electron chi connectivity index (χ1n) is 13.8. The number of pyridine rings is 2. The van der Waals surface area contributed by atoms with Crippen LogP contribution in [0.2, 0.25) is 0 Å². The molecule has 0 aromatic carbocycles. The van der Waals surface area contributed by atoms with Crippen LogP contribution in [0.5, 0.6) is 0 Å². The van der Waals surface area contributed by atoms with E-state index in [9.17, 15) is 36.3 Å². The fourth-order valence-corrected chi connectivity index (χ4v) is 5.00. The second-order valence-corrected chi connectivity index (χ2v) is 10.7. The Morgan fingerprint density at radius 1 is 1.14 bits per heavy atom. The van der Waals surface area contributed by atoms with Crippen molar-refractivity contribution in [1.29, 1.82) is 0 Å². The Kier molecular flexibility index (Phi) is 9.91. The molecule has 2 aromatic heterocycles. The molecule has 1 atom stereocenters. The van der Waals surface area contributed by atoms with Crippen LogP contribution < -0.4 is 9.80 Å². The van der Waals surface area contributed by atoms with Crippen LogP contribution in [0.3, 0.4) is 0 Å². The number of halogens is 5. The highest BCUT2D eigenvalue weighted by atomic mass is 19.4. The van der Waals surface area contributed by atoms with Gasteiger partial charge in [-0.2, -0.15) is 13.2 Å². The van der Waals surface area contributed by atoms with Crippen molar-refractivity contribution in [1.82, 2.24) is 14.9 Å². The number of amides is 1. The van der Waals surface area contributed by atoms with Crippen molar-refractivity contribution < 1.29 is 50.9 Å². The van der Waals surface area contributed by atoms with Crippen molar-refractivity contribution >= 4 is 35.3 Å². The largest absolute Gasteiger partial charge is 0.453 e. The number of aliphatic hydroxyl groups excluding tert-OH is 1. The zero-order valence-corrected chi connectivity index (χ0v) is 24.0. The highest BCUT2D eigenvalue weighted by Crippen LogP contribution is 2.37. The molecule has 0 bridgehead atoms. The van der Waals surface area contributed by atoms with E-state index in [2.05, 4.69) is 14.7 Å². The van der Waals surface area contributed by atoms with Gasteiger partial charge in [0, 0.05) is 39.3 Å². The average Bonchev–Trinajstić information content (AvgIpc) is 3.38. The molecule has 0 radical (unpaired) electrons. The standard InChI is InChI=1S/C28H32F5N5O6/c1-17(44-25(41)14-39)26(42)43-15-24(40)37-8-4-18(5-9-37)19-11-22(35-23(12-19)38-10-6-27(29,30)16-38)36(2)21-13-20(3-7-34-21)28(31,32)33/h3,7,11-13,17-18,39H,4-6,8-10,14-16H2,1-2H3. The number of aliphatic hydroxyl groups is 1. The SMILES string of the molecule is CC(OC(=O)CO)C(=O)OCC(=O)N1CCC(c2cc(N3CCC(F)(F)C3)nc(N(C)c3cc(C(F)(F)F)ccn3)c2)CC1. The van der Waals surface area contributed by atoms with Gasteiger partial charge in [-0.15, -0.1) is 0 Å². The summed E-state index contributed by atoms with van der Waals surface area (Å²) in [5.74, 6) is -5.01. The number of hydrogen-bond acceptors (Lipinski definition) is 10. The number of alkyl halides is 5. The molecule has 0 saturated carbocycles. The number of likely N-dealkylation sites (tertiary alicyclic amines) is 1. The molecule has 240 valence electrons. The molecule has 1 N–H and O–H groups in total. The summed E-state index contributed by atoms with van der Waals surface area (Å²) in [4.78, 5) is 48.6. The zero-order chi connectivity index (χ0) is 32.2. The van der Waals surface area contributed by atoms with Crippen LogP contribution in [0.4, 0.5) is 39.4 Å². The first-order chi connectivity index (χ1) is 20.7. The summed E-state index contributed by atoms with van der Waals surface area (Å²) in [6.07, 6.45) is -4.28. The van der Waals surface area contributed by atoms with Crippen LogP contribution in [0, 0.1) is 0 Å². The number of hydrogen-bond donors (Lipinski definition) is 1. The second kappa shape index (κ2) is 13.3. The van der Waals surface area contributed by atoms with E-state index in [0.717, 1.165) is 23.9 Å². The van der Waals surface area contributed by atoms with Gasteiger partial charge in [0.15, 0.2) is 12.7 Å². The van der Waals surface area contributed by atoms with E-state index in [0.29, 0.717) is 12.8 Å². The van der Waals surface area contributed by atoms with E-state index in [1.807, 2.05) is 0 Å². The van der Waals surface area contributed by atoms with E-state index in [4.69, 9.17) is 9.84 Å². The summed E-state index contributed by atoms with van der Waals surface area (Å²) in [5, 5.41) is 8.71. The molecule has 1 amide bonds. The number of carbonyl (C=O) groups is 3. The number of aromatic nitrogens is 2. The number of anilines is 3. The van der Waals surface area contributed by atoms with E-state index in [1.165, 1.54) is 28.7 Å². The van der Waals surface area contributed by atoms with Crippen molar-refractivity contribution in [3.8, 4) is 0 Å². The smallest absolute Gasteiger partial charge is 0.416 e. The first kappa shape index (κ1) is 32.8. The Bertz CT molecular complexity index is 1370. The minimum Gasteiger partial charge on any atom is -0.453 e. The lowest BCUT2D eigenvalue weighted by Crippen LogP contribution is -2.41. The Labute approximate surface area is 249 Å². The number of rotatable bonds is 9. The van der Waals surface area contributed by atoms with Gasteiger partial charge in [-0.25, -0.2) is 28.3 Å². The maximum absolute atomic E-state index is 14.1. The minimum atomic E-state index is -4.59. The van der Waals surface area contributed by atoms with Gasteiger partial charge in [0.25, 0.3) is 11.8 Å². The number of esters is 2. The lowest BCUT2D eigenvalue weighted by Gasteiger charge is -2.33. The number of carbonyl (C=O) groups excluding carboxylic acids is 3. The molecule has 0 aliphatic carbocycles. The van der Waals surface area contributed by atoms with Gasteiger partial charge in [-0.1, -0.05) is 0 Å². The Balaban J connectivity index is 1.48. The van der Waals surface area contributed by atoms with Gasteiger partial charge < -0.3 is 29.3 Å². The molecule has 4 heterocycles. The quantitative estimate of drug-likeness (QED) is 0.326. The Morgan fingerprint density at radius 3 is 2.45 bits per heavy atom. The molecular weight excluding hydrogens is 597 g/mol. The molecule has 0 spiro atoms. The summed E-state index contributed by atoms with van der Waals surface area (Å²) in [6, 6.07) is 5.10. The molecule has 2 aliphatic rings. The first-order valence-corrected chi connectivity index (χ1v) is 13.8. The second-order valence-electron chi connectivity index (χ2n) is 10.7. The summed E-state index contributed by atoms with van der Waals surface area (Å²) >= 11 is 0. The third kappa shape index (κ3) is 8.09. The fourth-order valence-electron chi connectivity index (χ4n) is 5.00. The number of ether oxygens (including phenoxy) is 2. The maximum Gasteiger partial charge on any atom is 0.416 e. The van der Waals surface area contributed by atoms with Gasteiger partial charge in [0.2, 0.25) is 0 Å². The van der Waals surface area contributed by atoms with Crippen LogP contribution >= 0.6 is 0 Å². The predicted octanol–water partition coefficient (Wildman–Crippen LogP) is 3.28. The third-order valence-corrected chi connectivity index (χ3v) is 7.50. The third-order valence-electron chi connectivity index (χ3n) is 7.50. The highest BCUT2D eigenvalue weighted by Gasteiger charge is 2.39. The van der Waals surface area contributed by atoms with Crippen LogP contribution in [-0.4, -0.2) is 96.3 Å². The lowest BCUT2D eigenvalue weighted by atomic mass is 9.89. The summed E-state index contributed by atoms with van der Waals surface area (Å²) in [5.41, 5.74) is -0.176. The van der Waals surface area contributed by atoms with Gasteiger partial charge in [-0.3, -0.25) is 4.79 Å². The molecule has 11 nitrogen and oxygen atoms in total. The zero-order valence-electron chi connectivity index (χ0n) is 24.0. The maximum atomic E-state index is 14.1. The van der Waals surface area contributed by atoms with Gasteiger partial charge in [0.05, 0.1) is 12.1 Å². The number of nitrogens with zero attached hydrogens (tertiary/aromatic N) is 5. The van der Waals surface area contributed by atoms with E-state index in [1.54, 1.807) is 12.1 Å². The molecule has 16 heteroatoms. The van der Waals surface area contributed by atoms with E-state index >= 15 is 0 Å². The van der Waals surface area contributed by atoms with Crippen molar-refractivity contribution in [2.45, 2.75) is 50.3 Å². The lowest BCUT2D eigenvalue weighted by molar-refractivity contribution is -0.170. The molecule has 2 fully saturated rings. The van der Waals surface area contributed by atoms with Gasteiger partial charge >= 0.3 is 18.1 Å². The van der Waals surface area contributed by atoms with Crippen LogP contribution in [0.15, 0.2) is 30.5 Å². The fraction of sp³-hybridized carbons (Fsp3) is 0.536. The van der Waals surface area contributed by atoms with Crippen molar-refractivity contribution in [2.24, 2.45) is 0 Å². The van der Waals surface area contributed by atoms with E-state index < -0.39 is 61.4 Å². The summed E-state index contributed by atoms with van der Waals surface area (Å²) in [6.45, 7) is -0.157. The molecule has 1 unspecified atom stereocenters. The number of piperidine rings is 1. The minimum absolute atomic E-state index is 0.0300. The van der Waals surface area contributed by atoms with Gasteiger partial charge in [0.1, 0.15) is 24.1 Å². The molecule has 44 heavy (non-hydrogen) atoms. The normalized spacial score (nSPS) is 17.7. The van der Waals surface area contributed by atoms with Crippen LogP contribution in [0.25, 0.3) is 0 Å². The van der Waals surface area contributed by atoms with Crippen molar-refractivity contribution in [3.05, 3.63) is 41.6 Å². The topological polar surface area (TPSA) is 125 Å². The summed E-state index contributed by atoms with van der Waals surface area (Å²) in [7, 11) is 1.49. The Hall–Kier alpha value is -4.08. The van der Waals surface area contributed by atoms with Gasteiger partial charge in [-0.05, 0) is 55.5 Å². The monoisotopic (exact) mass is 629 g/mol. The molecule has 2 saturated heterocycles. The molecule has 2 aromatic rings. The molecule has 2 aliphatic heterocycles. The van der Waals surface area contributed by atoms with Crippen LogP contribution in [-0.2, 0) is 30.0 Å². The van der Waals surface area contributed by atoms with Crippen molar-refractivity contribution in [3.63, 3.8) is 0 Å². The average molecular weight is 630 g/mol. The van der Waals surface area contributed by atoms with E-state index in [-0.39, 0.29) is 49.4 Å². The Morgan fingerprint density at radius 2 is 1.84 bits per heavy atom. The van der Waals surface area contributed by atoms with Crippen LogP contribution in [0.1, 0.15) is 43.2 Å². The molecular formula is C28H32F5N5O6.